The third-order valence-corrected chi connectivity index (χ3v) is 7.01. The Labute approximate surface area is 199 Å². The van der Waals surface area contributed by atoms with Crippen LogP contribution in [0.1, 0.15) is 89.7 Å². The molecule has 1 aromatic carbocycles. The van der Waals surface area contributed by atoms with Crippen LogP contribution >= 0.6 is 0 Å². The first-order valence-corrected chi connectivity index (χ1v) is 12.3. The van der Waals surface area contributed by atoms with Gasteiger partial charge in [-0.1, -0.05) is 18.9 Å². The number of hydrogen-bond acceptors (Lipinski definition) is 5. The number of carbonyl (C=O) groups excluding carboxylic acids is 3. The average Bonchev–Trinajstić information content (AvgIpc) is 2.95. The molecule has 2 amide bonds. The Morgan fingerprint density at radius 2 is 1.85 bits per heavy atom. The van der Waals surface area contributed by atoms with Gasteiger partial charge in [0.1, 0.15) is 11.6 Å². The average molecular weight is 470 g/mol. The van der Waals surface area contributed by atoms with Crippen LogP contribution in [0.3, 0.4) is 0 Å². The lowest BCUT2D eigenvalue weighted by Gasteiger charge is -2.36. The summed E-state index contributed by atoms with van der Waals surface area (Å²) < 4.78 is 8.48. The summed E-state index contributed by atoms with van der Waals surface area (Å²) in [4.78, 5) is 48.6. The molecule has 4 rings (SSSR count). The van der Waals surface area contributed by atoms with Gasteiger partial charge in [0.25, 0.3) is 0 Å². The van der Waals surface area contributed by atoms with E-state index in [9.17, 15) is 19.2 Å². The number of imide groups is 1. The van der Waals surface area contributed by atoms with Gasteiger partial charge in [-0.3, -0.25) is 28.8 Å². The summed E-state index contributed by atoms with van der Waals surface area (Å²) >= 11 is 0. The first kappa shape index (κ1) is 24.2. The van der Waals surface area contributed by atoms with Crippen LogP contribution in [0.15, 0.2) is 23.0 Å². The molecule has 2 heterocycles. The molecule has 1 aromatic heterocycles. The van der Waals surface area contributed by atoms with E-state index in [1.807, 2.05) is 26.8 Å². The van der Waals surface area contributed by atoms with E-state index in [2.05, 4.69) is 17.4 Å². The fraction of sp³-hybridized carbons (Fsp3) is 0.615. The molecule has 1 aliphatic heterocycles. The molecule has 2 aromatic rings. The van der Waals surface area contributed by atoms with Crippen molar-refractivity contribution in [2.45, 2.75) is 89.7 Å². The molecule has 1 saturated heterocycles. The molecule has 1 atom stereocenters. The second kappa shape index (κ2) is 9.39. The molecule has 8 nitrogen and oxygen atoms in total. The van der Waals surface area contributed by atoms with Crippen LogP contribution < -0.4 is 11.0 Å². The predicted octanol–water partition coefficient (Wildman–Crippen LogP) is 3.71. The lowest BCUT2D eigenvalue weighted by Crippen LogP contribution is -2.44. The first-order chi connectivity index (χ1) is 16.0. The summed E-state index contributed by atoms with van der Waals surface area (Å²) in [6.07, 6.45) is 6.27. The van der Waals surface area contributed by atoms with Crippen molar-refractivity contribution in [3.05, 3.63) is 34.2 Å². The summed E-state index contributed by atoms with van der Waals surface area (Å²) in [6, 6.07) is 5.41. The number of nitrogens with zero attached hydrogens (tertiary/aromatic N) is 2. The van der Waals surface area contributed by atoms with Crippen molar-refractivity contribution in [2.75, 3.05) is 0 Å². The van der Waals surface area contributed by atoms with Crippen molar-refractivity contribution in [3.8, 4) is 0 Å². The maximum Gasteiger partial charge on any atom is 0.329 e. The number of benzene rings is 1. The van der Waals surface area contributed by atoms with E-state index in [1.165, 1.54) is 10.1 Å². The number of piperidine rings is 1. The Bertz CT molecular complexity index is 1160. The molecule has 1 aliphatic carbocycles. The number of hydrogen-bond donors (Lipinski definition) is 1. The van der Waals surface area contributed by atoms with Crippen LogP contribution in [0, 0.1) is 5.92 Å². The topological polar surface area (TPSA) is 99.4 Å². The highest BCUT2D eigenvalue weighted by Crippen LogP contribution is 2.44. The van der Waals surface area contributed by atoms with Gasteiger partial charge in [-0.15, -0.1) is 0 Å². The summed E-state index contributed by atoms with van der Waals surface area (Å²) in [5.41, 5.74) is 2.09. The lowest BCUT2D eigenvalue weighted by molar-refractivity contribution is -0.155. The number of esters is 1. The second-order valence-corrected chi connectivity index (χ2v) is 10.8. The number of amides is 2. The van der Waals surface area contributed by atoms with Gasteiger partial charge < -0.3 is 4.74 Å². The van der Waals surface area contributed by atoms with E-state index < -0.39 is 17.6 Å². The van der Waals surface area contributed by atoms with Gasteiger partial charge in [0.05, 0.1) is 11.0 Å². The maximum atomic E-state index is 12.9. The van der Waals surface area contributed by atoms with Gasteiger partial charge >= 0.3 is 11.7 Å². The standard InChI is InChI=1S/C26H35N3O5/c1-26(2,3)34-23(31)8-6-5-7-16-13-18(14-16)17-9-10-19-21(15-17)28(4)25(33)29(19)20-11-12-22(30)27-24(20)32/h9-10,15-16,18,20H,5-8,11-14H2,1-4H3,(H,27,30,32). The van der Waals surface area contributed by atoms with Gasteiger partial charge in [0, 0.05) is 19.9 Å². The fourth-order valence-electron chi connectivity index (χ4n) is 5.20. The third-order valence-electron chi connectivity index (χ3n) is 7.01. The normalized spacial score (nSPS) is 23.0. The van der Waals surface area contributed by atoms with E-state index in [1.54, 1.807) is 11.6 Å². The van der Waals surface area contributed by atoms with Crippen molar-refractivity contribution in [2.24, 2.45) is 13.0 Å². The molecular formula is C26H35N3O5. The zero-order chi connectivity index (χ0) is 24.6. The van der Waals surface area contributed by atoms with Gasteiger partial charge in [-0.25, -0.2) is 4.79 Å². The molecule has 0 spiro atoms. The largest absolute Gasteiger partial charge is 0.460 e. The number of aromatic nitrogens is 2. The highest BCUT2D eigenvalue weighted by molar-refractivity contribution is 6.00. The number of nitrogens with one attached hydrogen (secondary N) is 1. The Morgan fingerprint density at radius 3 is 2.53 bits per heavy atom. The van der Waals surface area contributed by atoms with E-state index in [0.29, 0.717) is 24.7 Å². The van der Waals surface area contributed by atoms with Crippen molar-refractivity contribution < 1.29 is 19.1 Å². The molecule has 2 fully saturated rings. The van der Waals surface area contributed by atoms with E-state index in [0.717, 1.165) is 43.1 Å². The minimum Gasteiger partial charge on any atom is -0.460 e. The van der Waals surface area contributed by atoms with E-state index in [4.69, 9.17) is 4.74 Å². The number of imidazole rings is 1. The molecule has 1 saturated carbocycles. The van der Waals surface area contributed by atoms with Gasteiger partial charge in [-0.2, -0.15) is 0 Å². The van der Waals surface area contributed by atoms with Crippen LogP contribution in [0.4, 0.5) is 0 Å². The van der Waals surface area contributed by atoms with Gasteiger partial charge in [0.2, 0.25) is 11.8 Å². The Hall–Kier alpha value is -2.90. The SMILES string of the molecule is Cn1c(=O)n(C2CCC(=O)NC2=O)c2ccc(C3CC(CCCCC(=O)OC(C)(C)C)C3)cc21. The summed E-state index contributed by atoms with van der Waals surface area (Å²) in [6.45, 7) is 5.66. The Kier molecular flexibility index (Phi) is 6.69. The third kappa shape index (κ3) is 5.10. The van der Waals surface area contributed by atoms with Crippen molar-refractivity contribution in [1.29, 1.82) is 0 Å². The molecule has 0 bridgehead atoms. The van der Waals surface area contributed by atoms with Gasteiger partial charge in [0.15, 0.2) is 0 Å². The molecule has 184 valence electrons. The van der Waals surface area contributed by atoms with E-state index in [-0.39, 0.29) is 24.0 Å². The number of unbranched alkanes of at least 4 members (excludes halogenated alkanes) is 1. The van der Waals surface area contributed by atoms with Crippen LogP contribution in [0.2, 0.25) is 0 Å². The zero-order valence-electron chi connectivity index (χ0n) is 20.6. The highest BCUT2D eigenvalue weighted by Gasteiger charge is 2.33. The molecule has 1 N–H and O–H groups in total. The number of rotatable bonds is 7. The van der Waals surface area contributed by atoms with Crippen molar-refractivity contribution >= 4 is 28.8 Å². The Balaban J connectivity index is 1.34. The van der Waals surface area contributed by atoms with Gasteiger partial charge in [-0.05, 0) is 76.0 Å². The van der Waals surface area contributed by atoms with Crippen molar-refractivity contribution in [1.82, 2.24) is 14.5 Å². The maximum absolute atomic E-state index is 12.9. The minimum absolute atomic E-state index is 0.123. The summed E-state index contributed by atoms with van der Waals surface area (Å²) in [7, 11) is 1.73. The fourth-order valence-corrected chi connectivity index (χ4v) is 5.20. The predicted molar refractivity (Wildman–Crippen MR) is 128 cm³/mol. The summed E-state index contributed by atoms with van der Waals surface area (Å²) in [5.74, 6) is 0.303. The first-order valence-electron chi connectivity index (χ1n) is 12.3. The quantitative estimate of drug-likeness (QED) is 0.379. The monoisotopic (exact) mass is 469 g/mol. The molecule has 8 heteroatoms. The summed E-state index contributed by atoms with van der Waals surface area (Å²) in [5, 5.41) is 2.35. The molecular weight excluding hydrogens is 434 g/mol. The van der Waals surface area contributed by atoms with Crippen molar-refractivity contribution in [3.63, 3.8) is 0 Å². The number of carbonyl (C=O) groups is 3. The molecule has 1 unspecified atom stereocenters. The number of ether oxygens (including phenoxy) is 1. The minimum atomic E-state index is -0.659. The second-order valence-electron chi connectivity index (χ2n) is 10.8. The molecule has 34 heavy (non-hydrogen) atoms. The van der Waals surface area contributed by atoms with Crippen LogP contribution in [-0.4, -0.2) is 32.5 Å². The Morgan fingerprint density at radius 1 is 1.12 bits per heavy atom. The molecule has 0 radical (unpaired) electrons. The smallest absolute Gasteiger partial charge is 0.329 e. The van der Waals surface area contributed by atoms with E-state index >= 15 is 0 Å². The lowest BCUT2D eigenvalue weighted by atomic mass is 9.69. The van der Waals surface area contributed by atoms with Crippen LogP contribution in [0.5, 0.6) is 0 Å². The number of fused-ring (bicyclic) bond motifs is 1. The van der Waals surface area contributed by atoms with Crippen LogP contribution in [-0.2, 0) is 26.2 Å². The molecule has 2 aliphatic rings. The number of aryl methyl sites for hydroxylation is 1. The highest BCUT2D eigenvalue weighted by atomic mass is 16.6. The van der Waals surface area contributed by atoms with Crippen LogP contribution in [0.25, 0.3) is 11.0 Å². The zero-order valence-corrected chi connectivity index (χ0v) is 20.6.